The molecule has 0 unspecified atom stereocenters. The van der Waals surface area contributed by atoms with E-state index >= 15 is 0 Å². The first kappa shape index (κ1) is 18.0. The average Bonchev–Trinajstić information content (AvgIpc) is 2.55. The predicted molar refractivity (Wildman–Crippen MR) is 99.3 cm³/mol. The first-order valence-corrected chi connectivity index (χ1v) is 8.66. The van der Waals surface area contributed by atoms with Crippen LogP contribution in [0.5, 0.6) is 11.5 Å². The number of amides is 1. The fourth-order valence-electron chi connectivity index (χ4n) is 1.73. The summed E-state index contributed by atoms with van der Waals surface area (Å²) in [7, 11) is 1.45. The number of methoxy groups -OCH3 is 1. The van der Waals surface area contributed by atoms with Gasteiger partial charge in [0.25, 0.3) is 5.91 Å². The molecule has 0 radical (unpaired) electrons. The van der Waals surface area contributed by atoms with Crippen molar-refractivity contribution in [3.8, 4) is 11.5 Å². The third kappa shape index (κ3) is 4.13. The molecule has 1 amide bonds. The van der Waals surface area contributed by atoms with E-state index in [2.05, 4.69) is 58.3 Å². The molecule has 0 saturated heterocycles. The van der Waals surface area contributed by atoms with Crippen molar-refractivity contribution in [3.63, 3.8) is 0 Å². The number of hydrogen-bond donors (Lipinski definition) is 2. The third-order valence-corrected chi connectivity index (χ3v) is 5.73. The van der Waals surface area contributed by atoms with Crippen LogP contribution >= 0.6 is 47.8 Å². The standard InChI is InChI=1S/C15H11Br3N2O3/c1-23-11-6-8(12(17)13(18)14(11)21)7-19-20-15(22)9-4-2-3-5-10(9)16/h2-7,21H,1H3,(H,20,22)/b19-7-. The second-order valence-electron chi connectivity index (χ2n) is 4.32. The number of nitrogens with zero attached hydrogens (tertiary/aromatic N) is 1. The predicted octanol–water partition coefficient (Wildman–Crippen LogP) is 4.45. The van der Waals surface area contributed by atoms with Crippen LogP contribution in [0.25, 0.3) is 0 Å². The van der Waals surface area contributed by atoms with Crippen molar-refractivity contribution in [2.75, 3.05) is 7.11 Å². The van der Waals surface area contributed by atoms with E-state index in [1.165, 1.54) is 13.3 Å². The maximum Gasteiger partial charge on any atom is 0.272 e. The van der Waals surface area contributed by atoms with E-state index in [1.807, 2.05) is 6.07 Å². The minimum atomic E-state index is -0.338. The van der Waals surface area contributed by atoms with Crippen LogP contribution in [0.3, 0.4) is 0 Å². The lowest BCUT2D eigenvalue weighted by atomic mass is 10.2. The Kier molecular flexibility index (Phi) is 6.20. The quantitative estimate of drug-likeness (QED) is 0.475. The molecule has 0 bridgehead atoms. The molecule has 0 aliphatic heterocycles. The Morgan fingerprint density at radius 1 is 1.26 bits per heavy atom. The van der Waals surface area contributed by atoms with Crippen molar-refractivity contribution in [1.29, 1.82) is 0 Å². The average molecular weight is 507 g/mol. The van der Waals surface area contributed by atoms with Gasteiger partial charge in [-0.2, -0.15) is 5.10 Å². The van der Waals surface area contributed by atoms with Gasteiger partial charge < -0.3 is 9.84 Å². The van der Waals surface area contributed by atoms with Gasteiger partial charge >= 0.3 is 0 Å². The molecule has 0 aliphatic carbocycles. The third-order valence-electron chi connectivity index (χ3n) is 2.88. The molecule has 23 heavy (non-hydrogen) atoms. The van der Waals surface area contributed by atoms with Crippen molar-refractivity contribution in [2.24, 2.45) is 5.10 Å². The van der Waals surface area contributed by atoms with Crippen molar-refractivity contribution < 1.29 is 14.6 Å². The number of nitrogens with one attached hydrogen (secondary N) is 1. The van der Waals surface area contributed by atoms with Crippen LogP contribution in [0, 0.1) is 0 Å². The van der Waals surface area contributed by atoms with Gasteiger partial charge in [0, 0.05) is 14.5 Å². The molecule has 0 fully saturated rings. The minimum absolute atomic E-state index is 0.0197. The number of rotatable bonds is 4. The topological polar surface area (TPSA) is 70.9 Å². The molecule has 0 spiro atoms. The second-order valence-corrected chi connectivity index (χ2v) is 6.76. The van der Waals surface area contributed by atoms with Crippen LogP contribution in [0.1, 0.15) is 15.9 Å². The summed E-state index contributed by atoms with van der Waals surface area (Å²) in [4.78, 5) is 12.0. The first-order valence-electron chi connectivity index (χ1n) is 6.28. The normalized spacial score (nSPS) is 10.8. The molecule has 8 heteroatoms. The summed E-state index contributed by atoms with van der Waals surface area (Å²) in [5.74, 6) is -0.0675. The largest absolute Gasteiger partial charge is 0.503 e. The molecule has 120 valence electrons. The highest BCUT2D eigenvalue weighted by Crippen LogP contribution is 2.41. The van der Waals surface area contributed by atoms with E-state index in [1.54, 1.807) is 24.3 Å². The molecule has 5 nitrogen and oxygen atoms in total. The van der Waals surface area contributed by atoms with Gasteiger partial charge in [0.2, 0.25) is 0 Å². The number of benzene rings is 2. The lowest BCUT2D eigenvalue weighted by Crippen LogP contribution is -2.18. The number of phenols is 1. The highest BCUT2D eigenvalue weighted by atomic mass is 79.9. The number of carbonyl (C=O) groups excluding carboxylic acids is 1. The zero-order chi connectivity index (χ0) is 17.0. The minimum Gasteiger partial charge on any atom is -0.503 e. The maximum absolute atomic E-state index is 12.0. The fourth-order valence-corrected chi connectivity index (χ4v) is 3.02. The first-order chi connectivity index (χ1) is 11.0. The molecule has 2 aromatic rings. The van der Waals surface area contributed by atoms with Gasteiger partial charge in [0.05, 0.1) is 23.4 Å². The monoisotopic (exact) mass is 504 g/mol. The van der Waals surface area contributed by atoms with E-state index in [0.29, 0.717) is 30.3 Å². The van der Waals surface area contributed by atoms with Gasteiger partial charge in [-0.3, -0.25) is 4.79 Å². The van der Waals surface area contributed by atoms with Crippen LogP contribution in [-0.2, 0) is 0 Å². The van der Waals surface area contributed by atoms with Gasteiger partial charge in [-0.25, -0.2) is 5.43 Å². The Bertz CT molecular complexity index is 779. The Hall–Kier alpha value is -1.38. The Labute approximate surface area is 158 Å². The summed E-state index contributed by atoms with van der Waals surface area (Å²) in [5.41, 5.74) is 3.55. The zero-order valence-electron chi connectivity index (χ0n) is 11.8. The summed E-state index contributed by atoms with van der Waals surface area (Å²) in [6.07, 6.45) is 1.45. The summed E-state index contributed by atoms with van der Waals surface area (Å²) < 4.78 is 6.79. The maximum atomic E-state index is 12.0. The van der Waals surface area contributed by atoms with Crippen LogP contribution < -0.4 is 10.2 Å². The van der Waals surface area contributed by atoms with E-state index in [4.69, 9.17) is 4.74 Å². The molecular formula is C15H11Br3N2O3. The molecule has 2 N–H and O–H groups in total. The fraction of sp³-hybridized carbons (Fsp3) is 0.0667. The Balaban J connectivity index is 2.20. The summed E-state index contributed by atoms with van der Waals surface area (Å²) in [5, 5.41) is 13.8. The SMILES string of the molecule is COc1cc(/C=N\NC(=O)c2ccccc2Br)c(Br)c(Br)c1O. The van der Waals surface area contributed by atoms with Gasteiger partial charge in [0.15, 0.2) is 11.5 Å². The summed E-state index contributed by atoms with van der Waals surface area (Å²) in [6, 6.07) is 8.64. The van der Waals surface area contributed by atoms with Crippen molar-refractivity contribution in [1.82, 2.24) is 5.43 Å². The summed E-state index contributed by atoms with van der Waals surface area (Å²) >= 11 is 9.91. The van der Waals surface area contributed by atoms with Gasteiger partial charge in [0.1, 0.15) is 0 Å². The van der Waals surface area contributed by atoms with E-state index < -0.39 is 0 Å². The number of hydrazone groups is 1. The highest BCUT2D eigenvalue weighted by molar-refractivity contribution is 9.13. The lowest BCUT2D eigenvalue weighted by Gasteiger charge is -2.09. The van der Waals surface area contributed by atoms with E-state index in [-0.39, 0.29) is 11.7 Å². The van der Waals surface area contributed by atoms with Crippen LogP contribution in [0.2, 0.25) is 0 Å². The molecular weight excluding hydrogens is 496 g/mol. The number of aromatic hydroxyl groups is 1. The number of phenolic OH excluding ortho intramolecular Hbond substituents is 1. The van der Waals surface area contributed by atoms with Crippen molar-refractivity contribution in [2.45, 2.75) is 0 Å². The number of ether oxygens (including phenoxy) is 1. The number of carbonyl (C=O) groups is 1. The zero-order valence-corrected chi connectivity index (χ0v) is 16.6. The lowest BCUT2D eigenvalue weighted by molar-refractivity contribution is 0.0954. The van der Waals surface area contributed by atoms with Crippen LogP contribution in [-0.4, -0.2) is 24.3 Å². The Morgan fingerprint density at radius 2 is 1.96 bits per heavy atom. The second kappa shape index (κ2) is 7.94. The van der Waals surface area contributed by atoms with Gasteiger partial charge in [-0.1, -0.05) is 12.1 Å². The molecule has 0 atom stereocenters. The Morgan fingerprint density at radius 3 is 2.61 bits per heavy atom. The molecule has 0 heterocycles. The van der Waals surface area contributed by atoms with Gasteiger partial charge in [-0.15, -0.1) is 0 Å². The van der Waals surface area contributed by atoms with Crippen molar-refractivity contribution >= 4 is 59.9 Å². The summed E-state index contributed by atoms with van der Waals surface area (Å²) in [6.45, 7) is 0. The number of hydrogen-bond acceptors (Lipinski definition) is 4. The van der Waals surface area contributed by atoms with Crippen LogP contribution in [0.15, 0.2) is 48.9 Å². The van der Waals surface area contributed by atoms with Gasteiger partial charge in [-0.05, 0) is 66.0 Å². The smallest absolute Gasteiger partial charge is 0.272 e. The number of halogens is 3. The van der Waals surface area contributed by atoms with E-state index in [9.17, 15) is 9.90 Å². The van der Waals surface area contributed by atoms with E-state index in [0.717, 1.165) is 0 Å². The highest BCUT2D eigenvalue weighted by Gasteiger charge is 2.14. The van der Waals surface area contributed by atoms with Crippen LogP contribution in [0.4, 0.5) is 0 Å². The molecule has 0 aromatic heterocycles. The molecule has 2 aromatic carbocycles. The van der Waals surface area contributed by atoms with Crippen molar-refractivity contribution in [3.05, 3.63) is 54.9 Å². The molecule has 0 aliphatic rings. The molecule has 0 saturated carbocycles. The molecule has 2 rings (SSSR count).